The third-order valence-corrected chi connectivity index (χ3v) is 4.36. The molecule has 0 bridgehead atoms. The molecule has 0 fully saturated rings. The van der Waals surface area contributed by atoms with E-state index in [9.17, 15) is 9.90 Å². The fourth-order valence-electron chi connectivity index (χ4n) is 2.48. The van der Waals surface area contributed by atoms with E-state index in [1.54, 1.807) is 11.3 Å². The number of fused-ring (bicyclic) bond motifs is 1. The van der Waals surface area contributed by atoms with Crippen LogP contribution < -0.4 is 10.1 Å². The molecule has 2 aromatic rings. The van der Waals surface area contributed by atoms with E-state index >= 15 is 0 Å². The molecule has 0 amide bonds. The van der Waals surface area contributed by atoms with E-state index in [-0.39, 0.29) is 0 Å². The number of carboxylic acid groups (broad SMARTS) is 1. The van der Waals surface area contributed by atoms with Gasteiger partial charge >= 0.3 is 5.97 Å². The molecule has 21 heavy (non-hydrogen) atoms. The van der Waals surface area contributed by atoms with E-state index in [4.69, 9.17) is 4.74 Å². The molecule has 1 aromatic heterocycles. The quantitative estimate of drug-likeness (QED) is 0.861. The summed E-state index contributed by atoms with van der Waals surface area (Å²) in [7, 11) is 0. The number of rotatable bonds is 6. The second kappa shape index (κ2) is 6.28. The maximum atomic E-state index is 11.4. The van der Waals surface area contributed by atoms with Gasteiger partial charge in [0, 0.05) is 13.0 Å². The molecule has 0 saturated carbocycles. The lowest BCUT2D eigenvalue weighted by molar-refractivity contribution is -0.139. The number of thiophene rings is 1. The molecule has 0 spiro atoms. The molecule has 1 atom stereocenters. The summed E-state index contributed by atoms with van der Waals surface area (Å²) < 4.78 is 5.47. The Bertz CT molecular complexity index is 624. The highest BCUT2D eigenvalue weighted by molar-refractivity contribution is 7.07. The lowest BCUT2D eigenvalue weighted by atomic mass is 10.1. The molecule has 0 radical (unpaired) electrons. The number of benzene rings is 1. The standard InChI is InChI=1S/C16H17NO3S/c18-16(19)14(8-12-4-6-21-10-12)17-9-11-1-2-15-13(7-11)3-5-20-15/h1-2,4,6-7,10,14,17H,3,5,8-9H2,(H,18,19). The van der Waals surface area contributed by atoms with Crippen molar-refractivity contribution in [1.29, 1.82) is 0 Å². The fraction of sp³-hybridized carbons (Fsp3) is 0.312. The van der Waals surface area contributed by atoms with E-state index in [1.165, 1.54) is 5.56 Å². The van der Waals surface area contributed by atoms with E-state index < -0.39 is 12.0 Å². The zero-order valence-corrected chi connectivity index (χ0v) is 12.4. The predicted octanol–water partition coefficient (Wildman–Crippen LogP) is 2.47. The molecule has 0 saturated heterocycles. The summed E-state index contributed by atoms with van der Waals surface area (Å²) >= 11 is 1.59. The molecule has 3 rings (SSSR count). The first-order valence-corrected chi connectivity index (χ1v) is 7.88. The van der Waals surface area contributed by atoms with Crippen LogP contribution >= 0.6 is 11.3 Å². The highest BCUT2D eigenvalue weighted by Crippen LogP contribution is 2.25. The van der Waals surface area contributed by atoms with Crippen LogP contribution in [-0.4, -0.2) is 23.7 Å². The van der Waals surface area contributed by atoms with Crippen LogP contribution in [0, 0.1) is 0 Å². The van der Waals surface area contributed by atoms with Crippen molar-refractivity contribution in [3.63, 3.8) is 0 Å². The minimum absolute atomic E-state index is 0.507. The molecule has 1 unspecified atom stereocenters. The zero-order chi connectivity index (χ0) is 14.7. The van der Waals surface area contributed by atoms with Crippen LogP contribution in [0.4, 0.5) is 0 Å². The Balaban J connectivity index is 1.62. The van der Waals surface area contributed by atoms with Crippen molar-refractivity contribution in [3.8, 4) is 5.75 Å². The molecule has 2 N–H and O–H groups in total. The van der Waals surface area contributed by atoms with Gasteiger partial charge < -0.3 is 15.2 Å². The molecule has 1 aliphatic heterocycles. The third kappa shape index (κ3) is 3.43. The number of hydrogen-bond donors (Lipinski definition) is 2. The van der Waals surface area contributed by atoms with Crippen molar-refractivity contribution in [2.24, 2.45) is 0 Å². The van der Waals surface area contributed by atoms with Crippen LogP contribution in [0.1, 0.15) is 16.7 Å². The van der Waals surface area contributed by atoms with Gasteiger partial charge in [-0.3, -0.25) is 4.79 Å². The predicted molar refractivity (Wildman–Crippen MR) is 81.9 cm³/mol. The second-order valence-corrected chi connectivity index (χ2v) is 5.93. The van der Waals surface area contributed by atoms with Gasteiger partial charge in [-0.15, -0.1) is 0 Å². The number of hydrogen-bond acceptors (Lipinski definition) is 4. The second-order valence-electron chi connectivity index (χ2n) is 5.15. The first-order chi connectivity index (χ1) is 10.2. The van der Waals surface area contributed by atoms with Gasteiger partial charge in [0.15, 0.2) is 0 Å². The van der Waals surface area contributed by atoms with Crippen molar-refractivity contribution < 1.29 is 14.6 Å². The summed E-state index contributed by atoms with van der Waals surface area (Å²) in [4.78, 5) is 11.4. The van der Waals surface area contributed by atoms with Crippen LogP contribution in [0.25, 0.3) is 0 Å². The Kier molecular flexibility index (Phi) is 4.22. The Morgan fingerprint density at radius 3 is 3.05 bits per heavy atom. The zero-order valence-electron chi connectivity index (χ0n) is 11.5. The van der Waals surface area contributed by atoms with E-state index in [2.05, 4.69) is 11.4 Å². The van der Waals surface area contributed by atoms with Crippen LogP contribution in [0.3, 0.4) is 0 Å². The van der Waals surface area contributed by atoms with Gasteiger partial charge in [0.25, 0.3) is 0 Å². The highest BCUT2D eigenvalue weighted by Gasteiger charge is 2.18. The largest absolute Gasteiger partial charge is 0.493 e. The summed E-state index contributed by atoms with van der Waals surface area (Å²) in [5, 5.41) is 16.4. The molecule has 4 nitrogen and oxygen atoms in total. The molecule has 5 heteroatoms. The summed E-state index contributed by atoms with van der Waals surface area (Å²) in [5.41, 5.74) is 3.36. The average Bonchev–Trinajstić information content (AvgIpc) is 3.13. The number of carboxylic acids is 1. The minimum atomic E-state index is -0.814. The van der Waals surface area contributed by atoms with Gasteiger partial charge in [0.05, 0.1) is 6.61 Å². The van der Waals surface area contributed by atoms with Crippen molar-refractivity contribution >= 4 is 17.3 Å². The van der Waals surface area contributed by atoms with Gasteiger partial charge in [0.2, 0.25) is 0 Å². The molecule has 0 aliphatic carbocycles. The van der Waals surface area contributed by atoms with E-state index in [0.717, 1.165) is 29.9 Å². The lowest BCUT2D eigenvalue weighted by Crippen LogP contribution is -2.38. The lowest BCUT2D eigenvalue weighted by Gasteiger charge is -2.14. The normalized spacial score (nSPS) is 14.5. The van der Waals surface area contributed by atoms with Gasteiger partial charge in [-0.05, 0) is 46.0 Å². The highest BCUT2D eigenvalue weighted by atomic mass is 32.1. The Morgan fingerprint density at radius 2 is 2.29 bits per heavy atom. The molecular weight excluding hydrogens is 286 g/mol. The smallest absolute Gasteiger partial charge is 0.321 e. The Hall–Kier alpha value is -1.85. The molecule has 1 aliphatic rings. The van der Waals surface area contributed by atoms with E-state index in [0.29, 0.717) is 13.0 Å². The van der Waals surface area contributed by atoms with Gasteiger partial charge in [0.1, 0.15) is 11.8 Å². The van der Waals surface area contributed by atoms with Gasteiger partial charge in [-0.1, -0.05) is 12.1 Å². The van der Waals surface area contributed by atoms with Crippen LogP contribution in [0.15, 0.2) is 35.0 Å². The topological polar surface area (TPSA) is 58.6 Å². The van der Waals surface area contributed by atoms with Gasteiger partial charge in [-0.25, -0.2) is 0 Å². The maximum absolute atomic E-state index is 11.4. The van der Waals surface area contributed by atoms with E-state index in [1.807, 2.05) is 29.0 Å². The number of ether oxygens (including phenoxy) is 1. The van der Waals surface area contributed by atoms with Crippen LogP contribution in [0.2, 0.25) is 0 Å². The fourth-order valence-corrected chi connectivity index (χ4v) is 3.16. The SMILES string of the molecule is O=C(O)C(Cc1ccsc1)NCc1ccc2c(c1)CCO2. The van der Waals surface area contributed by atoms with Crippen LogP contribution in [-0.2, 0) is 24.2 Å². The van der Waals surface area contributed by atoms with Crippen molar-refractivity contribution in [2.45, 2.75) is 25.4 Å². The number of carbonyl (C=O) groups is 1. The monoisotopic (exact) mass is 303 g/mol. The van der Waals surface area contributed by atoms with Gasteiger partial charge in [-0.2, -0.15) is 11.3 Å². The minimum Gasteiger partial charge on any atom is -0.493 e. The Labute approximate surface area is 127 Å². The first kappa shape index (κ1) is 14.1. The van der Waals surface area contributed by atoms with Crippen LogP contribution in [0.5, 0.6) is 5.75 Å². The van der Waals surface area contributed by atoms with Crippen molar-refractivity contribution in [3.05, 3.63) is 51.7 Å². The summed E-state index contributed by atoms with van der Waals surface area (Å²) in [5.74, 6) is 0.137. The number of aliphatic carboxylic acids is 1. The summed E-state index contributed by atoms with van der Waals surface area (Å²) in [6, 6.07) is 7.45. The molecule has 110 valence electrons. The summed E-state index contributed by atoms with van der Waals surface area (Å²) in [6.45, 7) is 1.29. The summed E-state index contributed by atoms with van der Waals surface area (Å²) in [6.07, 6.45) is 1.44. The average molecular weight is 303 g/mol. The Morgan fingerprint density at radius 1 is 1.38 bits per heavy atom. The molecule has 1 aromatic carbocycles. The molecule has 2 heterocycles. The third-order valence-electron chi connectivity index (χ3n) is 3.62. The molecular formula is C16H17NO3S. The van der Waals surface area contributed by atoms with Crippen molar-refractivity contribution in [1.82, 2.24) is 5.32 Å². The maximum Gasteiger partial charge on any atom is 0.321 e. The number of nitrogens with one attached hydrogen (secondary N) is 1. The van der Waals surface area contributed by atoms with Crippen molar-refractivity contribution in [2.75, 3.05) is 6.61 Å². The first-order valence-electron chi connectivity index (χ1n) is 6.94.